The summed E-state index contributed by atoms with van der Waals surface area (Å²) in [6, 6.07) is 0. The van der Waals surface area contributed by atoms with Crippen LogP contribution in [0.3, 0.4) is 0 Å². The highest BCUT2D eigenvalue weighted by Gasteiger charge is 2.42. The fourth-order valence-corrected chi connectivity index (χ4v) is 2.61. The Morgan fingerprint density at radius 2 is 1.58 bits per heavy atom. The van der Waals surface area contributed by atoms with E-state index < -0.39 is 23.8 Å². The number of allylic oxidation sites excluding steroid dienone is 2. The van der Waals surface area contributed by atoms with E-state index in [1.807, 2.05) is 0 Å². The number of hydrogen-bond acceptors (Lipinski definition) is 10. The van der Waals surface area contributed by atoms with Crippen molar-refractivity contribution in [1.82, 2.24) is 15.5 Å². The molecule has 10 heteroatoms. The van der Waals surface area contributed by atoms with E-state index in [0.717, 1.165) is 0 Å². The van der Waals surface area contributed by atoms with E-state index in [0.29, 0.717) is 17.2 Å². The zero-order chi connectivity index (χ0) is 19.4. The summed E-state index contributed by atoms with van der Waals surface area (Å²) in [4.78, 5) is 41.0. The van der Waals surface area contributed by atoms with Gasteiger partial charge in [0.15, 0.2) is 12.4 Å². The third-order valence-corrected chi connectivity index (χ3v) is 3.71. The first-order valence-corrected chi connectivity index (χ1v) is 7.61. The first-order valence-electron chi connectivity index (χ1n) is 7.61. The summed E-state index contributed by atoms with van der Waals surface area (Å²) < 4.78 is 19.5. The monoisotopic (exact) mass is 365 g/mol. The predicted molar refractivity (Wildman–Crippen MR) is 84.9 cm³/mol. The minimum atomic E-state index is -1.31. The first kappa shape index (κ1) is 19.2. The van der Waals surface area contributed by atoms with Crippen molar-refractivity contribution in [3.8, 4) is 0 Å². The normalized spacial score (nSPS) is 14.8. The van der Waals surface area contributed by atoms with Gasteiger partial charge in [-0.3, -0.25) is 4.79 Å². The number of methoxy groups -OCH3 is 2. The number of dihydropyridines is 1. The minimum absolute atomic E-state index is 0.0368. The fraction of sp³-hybridized carbons (Fsp3) is 0.438. The Morgan fingerprint density at radius 3 is 2.00 bits per heavy atom. The molecule has 2 heterocycles. The lowest BCUT2D eigenvalue weighted by Gasteiger charge is -2.28. The average Bonchev–Trinajstić information content (AvgIpc) is 3.03. The molecule has 1 aromatic heterocycles. The van der Waals surface area contributed by atoms with Crippen LogP contribution in [-0.2, 0) is 35.2 Å². The number of nitrogens with zero attached hydrogens (tertiary/aromatic N) is 2. The predicted octanol–water partition coefficient (Wildman–Crippen LogP) is 0.535. The standard InChI is InChI=1S/C16H19N3O7/c1-7-11(14(20)23-4)13(12(8(2)17-7)15(21)24-5)16(22)25-6-10-18-9(3)19-26-10/h13,17H,6H2,1-5H3. The van der Waals surface area contributed by atoms with Crippen molar-refractivity contribution in [3.63, 3.8) is 0 Å². The molecule has 1 aromatic rings. The van der Waals surface area contributed by atoms with Crippen molar-refractivity contribution < 1.29 is 33.1 Å². The van der Waals surface area contributed by atoms with Gasteiger partial charge < -0.3 is 24.1 Å². The third kappa shape index (κ3) is 3.73. The van der Waals surface area contributed by atoms with Gasteiger partial charge in [-0.05, 0) is 20.8 Å². The van der Waals surface area contributed by atoms with Crippen molar-refractivity contribution in [2.24, 2.45) is 5.92 Å². The van der Waals surface area contributed by atoms with Crippen molar-refractivity contribution >= 4 is 17.9 Å². The van der Waals surface area contributed by atoms with E-state index >= 15 is 0 Å². The topological polar surface area (TPSA) is 130 Å². The van der Waals surface area contributed by atoms with E-state index in [1.54, 1.807) is 20.8 Å². The number of esters is 3. The van der Waals surface area contributed by atoms with Gasteiger partial charge in [0.25, 0.3) is 5.89 Å². The Kier molecular flexibility index (Phi) is 5.75. The summed E-state index contributed by atoms with van der Waals surface area (Å²) >= 11 is 0. The molecule has 0 aromatic carbocycles. The number of carbonyl (C=O) groups is 3. The third-order valence-electron chi connectivity index (χ3n) is 3.71. The molecule has 0 amide bonds. The molecule has 2 rings (SSSR count). The number of rotatable bonds is 5. The maximum atomic E-state index is 12.7. The van der Waals surface area contributed by atoms with Crippen molar-refractivity contribution in [3.05, 3.63) is 34.3 Å². The Balaban J connectivity index is 2.37. The molecule has 1 N–H and O–H groups in total. The van der Waals surface area contributed by atoms with Gasteiger partial charge in [-0.25, -0.2) is 9.59 Å². The number of nitrogens with one attached hydrogen (secondary N) is 1. The van der Waals surface area contributed by atoms with E-state index in [1.165, 1.54) is 14.2 Å². The molecule has 0 atom stereocenters. The molecule has 1 aliphatic rings. The number of ether oxygens (including phenoxy) is 3. The molecule has 140 valence electrons. The second-order valence-electron chi connectivity index (χ2n) is 5.46. The zero-order valence-electron chi connectivity index (χ0n) is 15.0. The Morgan fingerprint density at radius 1 is 1.04 bits per heavy atom. The number of aryl methyl sites for hydroxylation is 1. The van der Waals surface area contributed by atoms with E-state index in [9.17, 15) is 14.4 Å². The second-order valence-corrected chi connectivity index (χ2v) is 5.46. The van der Waals surface area contributed by atoms with Gasteiger partial charge in [0.2, 0.25) is 0 Å². The van der Waals surface area contributed by atoms with Crippen LogP contribution in [0.15, 0.2) is 27.1 Å². The zero-order valence-corrected chi connectivity index (χ0v) is 15.0. The lowest BCUT2D eigenvalue weighted by molar-refractivity contribution is -0.152. The molecule has 0 saturated heterocycles. The SMILES string of the molecule is COC(=O)C1=C(C)NC(C)=C(C(=O)OC)C1C(=O)OCc1nc(C)no1. The lowest BCUT2D eigenvalue weighted by Crippen LogP contribution is -2.37. The van der Waals surface area contributed by atoms with Crippen LogP contribution >= 0.6 is 0 Å². The molecule has 0 unspecified atom stereocenters. The molecule has 10 nitrogen and oxygen atoms in total. The largest absolute Gasteiger partial charge is 0.466 e. The quantitative estimate of drug-likeness (QED) is 0.582. The molecule has 0 radical (unpaired) electrons. The summed E-state index contributed by atoms with van der Waals surface area (Å²) in [5, 5.41) is 6.47. The Bertz CT molecular complexity index is 769. The van der Waals surface area contributed by atoms with Crippen LogP contribution < -0.4 is 5.32 Å². The summed E-state index contributed by atoms with van der Waals surface area (Å²) in [6.07, 6.45) is 0. The Hall–Kier alpha value is -3.17. The van der Waals surface area contributed by atoms with Crippen molar-refractivity contribution in [2.75, 3.05) is 14.2 Å². The minimum Gasteiger partial charge on any atom is -0.466 e. The van der Waals surface area contributed by atoms with E-state index in [-0.39, 0.29) is 23.6 Å². The van der Waals surface area contributed by atoms with Crippen LogP contribution in [0.2, 0.25) is 0 Å². The first-order chi connectivity index (χ1) is 12.3. The highest BCUT2D eigenvalue weighted by molar-refractivity contribution is 6.05. The molecule has 0 saturated carbocycles. The maximum absolute atomic E-state index is 12.7. The molecular weight excluding hydrogens is 346 g/mol. The van der Waals surface area contributed by atoms with Crippen LogP contribution in [0.4, 0.5) is 0 Å². The van der Waals surface area contributed by atoms with Crippen LogP contribution in [0.1, 0.15) is 25.6 Å². The fourth-order valence-electron chi connectivity index (χ4n) is 2.61. The highest BCUT2D eigenvalue weighted by Crippen LogP contribution is 2.32. The summed E-state index contributed by atoms with van der Waals surface area (Å²) in [7, 11) is 2.35. The lowest BCUT2D eigenvalue weighted by atomic mass is 9.85. The molecule has 0 spiro atoms. The molecule has 1 aliphatic heterocycles. The summed E-state index contributed by atoms with van der Waals surface area (Å²) in [5.41, 5.74) is 0.672. The van der Waals surface area contributed by atoms with Crippen LogP contribution in [0.5, 0.6) is 0 Å². The summed E-state index contributed by atoms with van der Waals surface area (Å²) in [6.45, 7) is 4.49. The molecule has 0 bridgehead atoms. The molecule has 0 aliphatic carbocycles. The van der Waals surface area contributed by atoms with Gasteiger partial charge in [-0.15, -0.1) is 0 Å². The Labute approximate surface area is 149 Å². The molecule has 26 heavy (non-hydrogen) atoms. The van der Waals surface area contributed by atoms with Crippen LogP contribution in [0, 0.1) is 12.8 Å². The summed E-state index contributed by atoms with van der Waals surface area (Å²) in [5.74, 6) is -3.21. The molecular formula is C16H19N3O7. The average molecular weight is 365 g/mol. The smallest absolute Gasteiger partial charge is 0.336 e. The van der Waals surface area contributed by atoms with Gasteiger partial charge in [-0.2, -0.15) is 4.98 Å². The number of aromatic nitrogens is 2. The number of hydrogen-bond donors (Lipinski definition) is 1. The van der Waals surface area contributed by atoms with Gasteiger partial charge in [0.05, 0.1) is 25.4 Å². The van der Waals surface area contributed by atoms with Crippen molar-refractivity contribution in [2.45, 2.75) is 27.4 Å². The number of carbonyl (C=O) groups excluding carboxylic acids is 3. The van der Waals surface area contributed by atoms with Gasteiger partial charge in [0, 0.05) is 11.4 Å². The van der Waals surface area contributed by atoms with Gasteiger partial charge >= 0.3 is 17.9 Å². The van der Waals surface area contributed by atoms with Crippen LogP contribution in [-0.4, -0.2) is 42.3 Å². The second kappa shape index (κ2) is 7.81. The van der Waals surface area contributed by atoms with Gasteiger partial charge in [0.1, 0.15) is 5.92 Å². The van der Waals surface area contributed by atoms with Crippen molar-refractivity contribution in [1.29, 1.82) is 0 Å². The van der Waals surface area contributed by atoms with E-state index in [2.05, 4.69) is 15.5 Å². The maximum Gasteiger partial charge on any atom is 0.336 e. The van der Waals surface area contributed by atoms with Crippen LogP contribution in [0.25, 0.3) is 0 Å². The van der Waals surface area contributed by atoms with Gasteiger partial charge in [-0.1, -0.05) is 5.16 Å². The highest BCUT2D eigenvalue weighted by atomic mass is 16.6. The molecule has 0 fully saturated rings. The van der Waals surface area contributed by atoms with E-state index in [4.69, 9.17) is 18.7 Å².